The monoisotopic (exact) mass is 286 g/mol. The summed E-state index contributed by atoms with van der Waals surface area (Å²) in [6.07, 6.45) is 0.739. The molecule has 19 heavy (non-hydrogen) atoms. The molecule has 0 unspecified atom stereocenters. The summed E-state index contributed by atoms with van der Waals surface area (Å²) >= 11 is 1.22. The molecule has 0 aromatic heterocycles. The fourth-order valence-corrected chi connectivity index (χ4v) is 2.04. The summed E-state index contributed by atoms with van der Waals surface area (Å²) in [5, 5.41) is 2.64. The molecule has 108 valence electrons. The van der Waals surface area contributed by atoms with Gasteiger partial charge in [0.05, 0.1) is 0 Å². The van der Waals surface area contributed by atoms with Gasteiger partial charge in [0.2, 0.25) is 16.9 Å². The van der Waals surface area contributed by atoms with E-state index in [-0.39, 0.29) is 16.9 Å². The standard InChI is InChI=1S/C13H22N2O3S/c1-10(2)13(18)19-9-5-7-15(12(4)17)8-6-14-11(3)16/h1,5-9H2,2-4H3,(H,14,16). The quantitative estimate of drug-likeness (QED) is 0.538. The Balaban J connectivity index is 3.89. The summed E-state index contributed by atoms with van der Waals surface area (Å²) < 4.78 is 0. The van der Waals surface area contributed by atoms with Crippen molar-refractivity contribution >= 4 is 28.7 Å². The Labute approximate surface area is 118 Å². The molecule has 0 bridgehead atoms. The second kappa shape index (κ2) is 9.61. The van der Waals surface area contributed by atoms with Crippen LogP contribution in [0.25, 0.3) is 0 Å². The predicted octanol–water partition coefficient (Wildman–Crippen LogP) is 1.20. The van der Waals surface area contributed by atoms with Crippen molar-refractivity contribution in [2.75, 3.05) is 25.4 Å². The molecule has 0 heterocycles. The average molecular weight is 286 g/mol. The number of thioether (sulfide) groups is 1. The molecule has 0 aromatic rings. The van der Waals surface area contributed by atoms with Crippen LogP contribution in [-0.4, -0.2) is 47.2 Å². The fourth-order valence-electron chi connectivity index (χ4n) is 1.34. The molecule has 0 saturated carbocycles. The lowest BCUT2D eigenvalue weighted by Gasteiger charge is -2.20. The molecule has 6 heteroatoms. The highest BCUT2D eigenvalue weighted by Crippen LogP contribution is 2.10. The van der Waals surface area contributed by atoms with Crippen molar-refractivity contribution in [2.24, 2.45) is 0 Å². The molecule has 0 aliphatic carbocycles. The summed E-state index contributed by atoms with van der Waals surface area (Å²) in [7, 11) is 0. The molecule has 0 rings (SSSR count). The van der Waals surface area contributed by atoms with Crippen LogP contribution in [0.5, 0.6) is 0 Å². The smallest absolute Gasteiger partial charge is 0.219 e. The second-order valence-corrected chi connectivity index (χ2v) is 5.33. The first-order valence-corrected chi connectivity index (χ1v) is 7.15. The average Bonchev–Trinajstić information content (AvgIpc) is 2.30. The Kier molecular flexibility index (Phi) is 8.95. The van der Waals surface area contributed by atoms with Crippen molar-refractivity contribution in [3.05, 3.63) is 12.2 Å². The van der Waals surface area contributed by atoms with Crippen LogP contribution in [0.1, 0.15) is 27.2 Å². The number of carbonyl (C=O) groups is 3. The van der Waals surface area contributed by atoms with Crippen LogP contribution in [0, 0.1) is 0 Å². The second-order valence-electron chi connectivity index (χ2n) is 4.26. The Hall–Kier alpha value is -1.30. The first-order chi connectivity index (χ1) is 8.84. The topological polar surface area (TPSA) is 66.5 Å². The molecule has 2 amide bonds. The maximum absolute atomic E-state index is 11.4. The maximum Gasteiger partial charge on any atom is 0.219 e. The summed E-state index contributed by atoms with van der Waals surface area (Å²) in [6.45, 7) is 9.74. The first kappa shape index (κ1) is 17.7. The highest BCUT2D eigenvalue weighted by molar-refractivity contribution is 8.14. The van der Waals surface area contributed by atoms with E-state index in [1.807, 2.05) is 0 Å². The molecule has 0 aromatic carbocycles. The van der Waals surface area contributed by atoms with Crippen LogP contribution in [0.4, 0.5) is 0 Å². The van der Waals surface area contributed by atoms with Crippen LogP contribution in [0.2, 0.25) is 0 Å². The van der Waals surface area contributed by atoms with Gasteiger partial charge in [-0.3, -0.25) is 14.4 Å². The Morgan fingerprint density at radius 2 is 1.79 bits per heavy atom. The van der Waals surface area contributed by atoms with Crippen molar-refractivity contribution in [3.63, 3.8) is 0 Å². The largest absolute Gasteiger partial charge is 0.355 e. The molecule has 0 saturated heterocycles. The predicted molar refractivity (Wildman–Crippen MR) is 77.8 cm³/mol. The molecular formula is C13H22N2O3S. The fraction of sp³-hybridized carbons (Fsp3) is 0.615. The van der Waals surface area contributed by atoms with E-state index in [0.29, 0.717) is 31.0 Å². The van der Waals surface area contributed by atoms with Gasteiger partial charge in [0, 0.05) is 39.2 Å². The lowest BCUT2D eigenvalue weighted by molar-refractivity contribution is -0.129. The highest BCUT2D eigenvalue weighted by atomic mass is 32.2. The zero-order valence-electron chi connectivity index (χ0n) is 11.8. The Bertz CT molecular complexity index is 356. The Morgan fingerprint density at radius 1 is 1.16 bits per heavy atom. The van der Waals surface area contributed by atoms with E-state index in [9.17, 15) is 14.4 Å². The number of nitrogens with one attached hydrogen (secondary N) is 1. The van der Waals surface area contributed by atoms with Crippen molar-refractivity contribution < 1.29 is 14.4 Å². The number of amides is 2. The summed E-state index contributed by atoms with van der Waals surface area (Å²) in [5.41, 5.74) is 0.541. The minimum absolute atomic E-state index is 0.00683. The molecule has 0 atom stereocenters. The summed E-state index contributed by atoms with van der Waals surface area (Å²) in [5.74, 6) is 0.531. The molecule has 0 fully saturated rings. The maximum atomic E-state index is 11.4. The minimum atomic E-state index is -0.105. The summed E-state index contributed by atoms with van der Waals surface area (Å²) in [4.78, 5) is 35.1. The van der Waals surface area contributed by atoms with Gasteiger partial charge >= 0.3 is 0 Å². The molecule has 1 N–H and O–H groups in total. The van der Waals surface area contributed by atoms with Gasteiger partial charge in [-0.1, -0.05) is 18.3 Å². The molecule has 0 aliphatic heterocycles. The van der Waals surface area contributed by atoms with Gasteiger partial charge in [-0.05, 0) is 18.9 Å². The molecule has 0 spiro atoms. The molecular weight excluding hydrogens is 264 g/mol. The van der Waals surface area contributed by atoms with Crippen molar-refractivity contribution in [1.29, 1.82) is 0 Å². The Morgan fingerprint density at radius 3 is 2.26 bits per heavy atom. The van der Waals surface area contributed by atoms with Gasteiger partial charge in [0.25, 0.3) is 0 Å². The lowest BCUT2D eigenvalue weighted by Crippen LogP contribution is -2.37. The van der Waals surface area contributed by atoms with Crippen LogP contribution in [-0.2, 0) is 14.4 Å². The van der Waals surface area contributed by atoms with Crippen molar-refractivity contribution in [1.82, 2.24) is 10.2 Å². The zero-order valence-corrected chi connectivity index (χ0v) is 12.6. The van der Waals surface area contributed by atoms with Gasteiger partial charge in [-0.15, -0.1) is 0 Å². The van der Waals surface area contributed by atoms with Crippen LogP contribution in [0.3, 0.4) is 0 Å². The molecule has 0 aliphatic rings. The van der Waals surface area contributed by atoms with E-state index in [4.69, 9.17) is 0 Å². The van der Waals surface area contributed by atoms with E-state index in [1.54, 1.807) is 11.8 Å². The number of rotatable bonds is 8. The number of hydrogen-bond donors (Lipinski definition) is 1. The zero-order chi connectivity index (χ0) is 14.8. The van der Waals surface area contributed by atoms with E-state index in [2.05, 4.69) is 11.9 Å². The number of hydrogen-bond acceptors (Lipinski definition) is 4. The van der Waals surface area contributed by atoms with Crippen molar-refractivity contribution in [2.45, 2.75) is 27.2 Å². The van der Waals surface area contributed by atoms with Crippen LogP contribution < -0.4 is 5.32 Å². The van der Waals surface area contributed by atoms with E-state index >= 15 is 0 Å². The van der Waals surface area contributed by atoms with Gasteiger partial charge in [-0.2, -0.15) is 0 Å². The van der Waals surface area contributed by atoms with Crippen molar-refractivity contribution in [3.8, 4) is 0 Å². The van der Waals surface area contributed by atoms with E-state index < -0.39 is 0 Å². The minimum Gasteiger partial charge on any atom is -0.355 e. The highest BCUT2D eigenvalue weighted by Gasteiger charge is 2.09. The third kappa shape index (κ3) is 9.30. The van der Waals surface area contributed by atoms with Crippen LogP contribution >= 0.6 is 11.8 Å². The lowest BCUT2D eigenvalue weighted by atomic mass is 10.4. The van der Waals surface area contributed by atoms with Gasteiger partial charge < -0.3 is 10.2 Å². The number of nitrogens with zero attached hydrogens (tertiary/aromatic N) is 1. The molecule has 0 radical (unpaired) electrons. The summed E-state index contributed by atoms with van der Waals surface area (Å²) in [6, 6.07) is 0. The number of carbonyl (C=O) groups excluding carboxylic acids is 3. The first-order valence-electron chi connectivity index (χ1n) is 6.17. The SMILES string of the molecule is C=C(C)C(=O)SCCCN(CCNC(C)=O)C(C)=O. The van der Waals surface area contributed by atoms with E-state index in [1.165, 1.54) is 25.6 Å². The van der Waals surface area contributed by atoms with Crippen LogP contribution in [0.15, 0.2) is 12.2 Å². The van der Waals surface area contributed by atoms with Gasteiger partial charge in [0.15, 0.2) is 0 Å². The third-order valence-corrected chi connectivity index (χ3v) is 3.46. The molecule has 5 nitrogen and oxygen atoms in total. The normalized spacial score (nSPS) is 9.84. The van der Waals surface area contributed by atoms with Gasteiger partial charge in [0.1, 0.15) is 0 Å². The van der Waals surface area contributed by atoms with E-state index in [0.717, 1.165) is 6.42 Å². The third-order valence-electron chi connectivity index (χ3n) is 2.35. The van der Waals surface area contributed by atoms with Gasteiger partial charge in [-0.25, -0.2) is 0 Å².